The number of pyridine rings is 1. The number of hydrogen-bond acceptors (Lipinski definition) is 4. The third-order valence-corrected chi connectivity index (χ3v) is 2.96. The fraction of sp³-hybridized carbons (Fsp3) is 0.333. The van der Waals surface area contributed by atoms with Gasteiger partial charge in [-0.1, -0.05) is 13.0 Å². The SMILES string of the molecule is CC1CCc2nnc(-c3ccccn3)nc21. The molecular weight excluding hydrogens is 200 g/mol. The van der Waals surface area contributed by atoms with Crippen LogP contribution in [0.15, 0.2) is 24.4 Å². The molecule has 2 aromatic heterocycles. The van der Waals surface area contributed by atoms with Crippen LogP contribution in [0, 0.1) is 0 Å². The molecule has 1 aliphatic rings. The van der Waals surface area contributed by atoms with Crippen molar-refractivity contribution >= 4 is 0 Å². The molecule has 0 aliphatic heterocycles. The van der Waals surface area contributed by atoms with Gasteiger partial charge in [0.15, 0.2) is 0 Å². The van der Waals surface area contributed by atoms with Crippen molar-refractivity contribution in [1.29, 1.82) is 0 Å². The molecule has 0 amide bonds. The van der Waals surface area contributed by atoms with Crippen LogP contribution < -0.4 is 0 Å². The second-order valence-electron chi connectivity index (χ2n) is 4.12. The summed E-state index contributed by atoms with van der Waals surface area (Å²) in [6, 6.07) is 5.72. The van der Waals surface area contributed by atoms with Gasteiger partial charge in [-0.15, -0.1) is 5.10 Å². The third-order valence-electron chi connectivity index (χ3n) is 2.96. The van der Waals surface area contributed by atoms with Gasteiger partial charge in [-0.2, -0.15) is 5.10 Å². The lowest BCUT2D eigenvalue weighted by Gasteiger charge is -2.04. The van der Waals surface area contributed by atoms with Crippen LogP contribution in [0.1, 0.15) is 30.7 Å². The van der Waals surface area contributed by atoms with E-state index in [-0.39, 0.29) is 0 Å². The van der Waals surface area contributed by atoms with Crippen molar-refractivity contribution < 1.29 is 0 Å². The van der Waals surface area contributed by atoms with Crippen molar-refractivity contribution in [3.05, 3.63) is 35.8 Å². The highest BCUT2D eigenvalue weighted by molar-refractivity contribution is 5.48. The quantitative estimate of drug-likeness (QED) is 0.725. The van der Waals surface area contributed by atoms with Crippen molar-refractivity contribution in [2.75, 3.05) is 0 Å². The number of aromatic nitrogens is 4. The summed E-state index contributed by atoms with van der Waals surface area (Å²) in [6.07, 6.45) is 3.87. The molecule has 2 heterocycles. The van der Waals surface area contributed by atoms with Crippen LogP contribution in [0.25, 0.3) is 11.5 Å². The van der Waals surface area contributed by atoms with Crippen molar-refractivity contribution in [3.8, 4) is 11.5 Å². The molecule has 1 aliphatic carbocycles. The summed E-state index contributed by atoms with van der Waals surface area (Å²) >= 11 is 0. The zero-order valence-electron chi connectivity index (χ0n) is 9.09. The molecule has 0 saturated carbocycles. The minimum absolute atomic E-state index is 0.493. The van der Waals surface area contributed by atoms with E-state index in [9.17, 15) is 0 Å². The zero-order chi connectivity index (χ0) is 11.0. The molecule has 2 aromatic rings. The van der Waals surface area contributed by atoms with Gasteiger partial charge in [0.05, 0.1) is 11.4 Å². The fourth-order valence-electron chi connectivity index (χ4n) is 2.03. The number of fused-ring (bicyclic) bond motifs is 1. The second-order valence-corrected chi connectivity index (χ2v) is 4.12. The summed E-state index contributed by atoms with van der Waals surface area (Å²) < 4.78 is 0. The molecule has 1 atom stereocenters. The molecule has 0 N–H and O–H groups in total. The number of nitrogens with zero attached hydrogens (tertiary/aromatic N) is 4. The smallest absolute Gasteiger partial charge is 0.200 e. The molecule has 80 valence electrons. The first-order valence-corrected chi connectivity index (χ1v) is 5.49. The minimum Gasteiger partial charge on any atom is -0.253 e. The molecule has 0 fully saturated rings. The van der Waals surface area contributed by atoms with Gasteiger partial charge in [0.2, 0.25) is 5.82 Å². The van der Waals surface area contributed by atoms with E-state index in [0.717, 1.165) is 29.9 Å². The van der Waals surface area contributed by atoms with Gasteiger partial charge < -0.3 is 0 Å². The highest BCUT2D eigenvalue weighted by Gasteiger charge is 2.22. The summed E-state index contributed by atoms with van der Waals surface area (Å²) in [5, 5.41) is 8.36. The summed E-state index contributed by atoms with van der Waals surface area (Å²) in [5.74, 6) is 1.13. The highest BCUT2D eigenvalue weighted by Crippen LogP contribution is 2.29. The molecule has 0 spiro atoms. The van der Waals surface area contributed by atoms with E-state index in [4.69, 9.17) is 0 Å². The van der Waals surface area contributed by atoms with E-state index in [0.29, 0.717) is 11.7 Å². The first kappa shape index (κ1) is 9.39. The Balaban J connectivity index is 2.08. The maximum Gasteiger partial charge on any atom is 0.200 e. The predicted octanol–water partition coefficient (Wildman–Crippen LogP) is 1.98. The lowest BCUT2D eigenvalue weighted by molar-refractivity contribution is 0.731. The molecular formula is C12H12N4. The molecule has 0 saturated heterocycles. The van der Waals surface area contributed by atoms with E-state index >= 15 is 0 Å². The maximum absolute atomic E-state index is 4.57. The Morgan fingerprint density at radius 1 is 1.25 bits per heavy atom. The fourth-order valence-corrected chi connectivity index (χ4v) is 2.03. The van der Waals surface area contributed by atoms with Crippen molar-refractivity contribution in [2.24, 2.45) is 0 Å². The Morgan fingerprint density at radius 2 is 2.19 bits per heavy atom. The monoisotopic (exact) mass is 212 g/mol. The van der Waals surface area contributed by atoms with Crippen molar-refractivity contribution in [2.45, 2.75) is 25.7 Å². The van der Waals surface area contributed by atoms with Gasteiger partial charge in [-0.25, -0.2) is 4.98 Å². The third kappa shape index (κ3) is 1.46. The largest absolute Gasteiger partial charge is 0.253 e. The Morgan fingerprint density at radius 3 is 3.00 bits per heavy atom. The van der Waals surface area contributed by atoms with E-state index in [1.165, 1.54) is 0 Å². The lowest BCUT2D eigenvalue weighted by atomic mass is 10.1. The molecule has 16 heavy (non-hydrogen) atoms. The van der Waals surface area contributed by atoms with Crippen molar-refractivity contribution in [1.82, 2.24) is 20.2 Å². The van der Waals surface area contributed by atoms with Crippen LogP contribution in [0.5, 0.6) is 0 Å². The highest BCUT2D eigenvalue weighted by atomic mass is 15.2. The predicted molar refractivity (Wildman–Crippen MR) is 59.8 cm³/mol. The molecule has 4 heteroatoms. The summed E-state index contributed by atoms with van der Waals surface area (Å²) in [7, 11) is 0. The molecule has 4 nitrogen and oxygen atoms in total. The topological polar surface area (TPSA) is 51.6 Å². The van der Waals surface area contributed by atoms with Gasteiger partial charge in [0, 0.05) is 12.1 Å². The van der Waals surface area contributed by atoms with E-state index in [1.54, 1.807) is 6.20 Å². The normalized spacial score (nSPS) is 18.4. The average molecular weight is 212 g/mol. The number of hydrogen-bond donors (Lipinski definition) is 0. The van der Waals surface area contributed by atoms with Gasteiger partial charge in [-0.3, -0.25) is 4.98 Å². The summed E-state index contributed by atoms with van der Waals surface area (Å²) in [4.78, 5) is 8.80. The number of rotatable bonds is 1. The maximum atomic E-state index is 4.57. The van der Waals surface area contributed by atoms with Gasteiger partial charge in [0.1, 0.15) is 5.69 Å². The van der Waals surface area contributed by atoms with Crippen LogP contribution in [0.3, 0.4) is 0 Å². The van der Waals surface area contributed by atoms with E-state index in [2.05, 4.69) is 27.1 Å². The second kappa shape index (κ2) is 3.63. The Bertz CT molecular complexity index is 510. The molecule has 1 unspecified atom stereocenters. The first-order valence-electron chi connectivity index (χ1n) is 5.49. The van der Waals surface area contributed by atoms with E-state index in [1.807, 2.05) is 18.2 Å². The molecule has 0 radical (unpaired) electrons. The van der Waals surface area contributed by atoms with Crippen molar-refractivity contribution in [3.63, 3.8) is 0 Å². The Hall–Kier alpha value is -1.84. The average Bonchev–Trinajstić information content (AvgIpc) is 2.72. The molecule has 0 aromatic carbocycles. The summed E-state index contributed by atoms with van der Waals surface area (Å²) in [6.45, 7) is 2.18. The summed E-state index contributed by atoms with van der Waals surface area (Å²) in [5.41, 5.74) is 2.93. The molecule has 3 rings (SSSR count). The molecule has 0 bridgehead atoms. The van der Waals surface area contributed by atoms with Crippen LogP contribution in [0.4, 0.5) is 0 Å². The van der Waals surface area contributed by atoms with Gasteiger partial charge >= 0.3 is 0 Å². The number of aryl methyl sites for hydroxylation is 1. The van der Waals surface area contributed by atoms with Crippen LogP contribution >= 0.6 is 0 Å². The Kier molecular flexibility index (Phi) is 2.13. The standard InChI is InChI=1S/C12H12N4/c1-8-5-6-9-11(8)14-12(16-15-9)10-4-2-3-7-13-10/h2-4,7-8H,5-6H2,1H3. The van der Waals surface area contributed by atoms with Gasteiger partial charge in [0.25, 0.3) is 0 Å². The van der Waals surface area contributed by atoms with Gasteiger partial charge in [-0.05, 0) is 25.0 Å². The van der Waals surface area contributed by atoms with Crippen LogP contribution in [-0.2, 0) is 6.42 Å². The Labute approximate surface area is 93.8 Å². The lowest BCUT2D eigenvalue weighted by Crippen LogP contribution is -2.01. The first-order chi connectivity index (χ1) is 7.84. The zero-order valence-corrected chi connectivity index (χ0v) is 9.09. The van der Waals surface area contributed by atoms with Crippen LogP contribution in [0.2, 0.25) is 0 Å². The van der Waals surface area contributed by atoms with E-state index < -0.39 is 0 Å². The van der Waals surface area contributed by atoms with Crippen LogP contribution in [-0.4, -0.2) is 20.2 Å². The minimum atomic E-state index is 0.493.